The molecule has 122 valence electrons. The standard InChI is InChI=1S/C17H15F3O3/c1-22-15-7-6-12(10-16(15)23-2)14(21)9-11-4-3-5-13(8-11)17(18,19)20/h3-8,10H,9H2,1-2H3. The number of ether oxygens (including phenoxy) is 2. The van der Waals surface area contributed by atoms with Crippen molar-refractivity contribution in [2.75, 3.05) is 14.2 Å². The molecule has 23 heavy (non-hydrogen) atoms. The zero-order valence-corrected chi connectivity index (χ0v) is 12.6. The van der Waals surface area contributed by atoms with Crippen LogP contribution in [0.2, 0.25) is 0 Å². The van der Waals surface area contributed by atoms with Gasteiger partial charge < -0.3 is 9.47 Å². The van der Waals surface area contributed by atoms with Gasteiger partial charge >= 0.3 is 6.18 Å². The zero-order chi connectivity index (χ0) is 17.0. The van der Waals surface area contributed by atoms with Gasteiger partial charge in [0.25, 0.3) is 0 Å². The van der Waals surface area contributed by atoms with E-state index in [9.17, 15) is 18.0 Å². The summed E-state index contributed by atoms with van der Waals surface area (Å²) in [6, 6.07) is 9.39. The molecule has 0 amide bonds. The third kappa shape index (κ3) is 4.03. The predicted octanol–water partition coefficient (Wildman–Crippen LogP) is 4.15. The molecule has 2 aromatic rings. The number of benzene rings is 2. The Morgan fingerprint density at radius 1 is 1.00 bits per heavy atom. The van der Waals surface area contributed by atoms with E-state index in [4.69, 9.17) is 9.47 Å². The molecule has 6 heteroatoms. The first-order valence-electron chi connectivity index (χ1n) is 6.76. The third-order valence-electron chi connectivity index (χ3n) is 3.32. The normalized spacial score (nSPS) is 11.2. The summed E-state index contributed by atoms with van der Waals surface area (Å²) in [4.78, 5) is 12.3. The van der Waals surface area contributed by atoms with E-state index in [0.29, 0.717) is 22.6 Å². The first-order chi connectivity index (χ1) is 10.8. The van der Waals surface area contributed by atoms with E-state index in [1.54, 1.807) is 12.1 Å². The van der Waals surface area contributed by atoms with Crippen molar-refractivity contribution < 1.29 is 27.4 Å². The molecule has 0 spiro atoms. The number of hydrogen-bond donors (Lipinski definition) is 0. The Labute approximate surface area is 131 Å². The van der Waals surface area contributed by atoms with Gasteiger partial charge in [-0.1, -0.05) is 18.2 Å². The second-order valence-electron chi connectivity index (χ2n) is 4.87. The van der Waals surface area contributed by atoms with Crippen LogP contribution in [0.3, 0.4) is 0 Å². The van der Waals surface area contributed by atoms with Crippen LogP contribution in [0.1, 0.15) is 21.5 Å². The molecule has 0 aromatic heterocycles. The highest BCUT2D eigenvalue weighted by Gasteiger charge is 2.30. The van der Waals surface area contributed by atoms with Gasteiger partial charge in [0.1, 0.15) is 0 Å². The van der Waals surface area contributed by atoms with E-state index in [2.05, 4.69) is 0 Å². The van der Waals surface area contributed by atoms with Crippen LogP contribution in [0.5, 0.6) is 11.5 Å². The molecule has 0 atom stereocenters. The van der Waals surface area contributed by atoms with Gasteiger partial charge in [-0.05, 0) is 29.8 Å². The predicted molar refractivity (Wildman–Crippen MR) is 79.0 cm³/mol. The van der Waals surface area contributed by atoms with Crippen molar-refractivity contribution in [3.05, 3.63) is 59.2 Å². The van der Waals surface area contributed by atoms with Gasteiger partial charge in [0.05, 0.1) is 19.8 Å². The summed E-state index contributed by atoms with van der Waals surface area (Å²) in [5.74, 6) is 0.566. The highest BCUT2D eigenvalue weighted by molar-refractivity contribution is 5.98. The summed E-state index contributed by atoms with van der Waals surface area (Å²) in [5.41, 5.74) is -0.116. The number of hydrogen-bond acceptors (Lipinski definition) is 3. The Kier molecular flexibility index (Phi) is 4.93. The van der Waals surface area contributed by atoms with Crippen LogP contribution >= 0.6 is 0 Å². The van der Waals surface area contributed by atoms with Crippen molar-refractivity contribution >= 4 is 5.78 Å². The average Bonchev–Trinajstić information content (AvgIpc) is 2.53. The first-order valence-corrected chi connectivity index (χ1v) is 6.76. The van der Waals surface area contributed by atoms with Gasteiger partial charge in [-0.15, -0.1) is 0 Å². The minimum atomic E-state index is -4.43. The van der Waals surface area contributed by atoms with E-state index in [-0.39, 0.29) is 12.2 Å². The van der Waals surface area contributed by atoms with Gasteiger partial charge in [-0.25, -0.2) is 0 Å². The molecule has 0 N–H and O–H groups in total. The topological polar surface area (TPSA) is 35.5 Å². The van der Waals surface area contributed by atoms with Crippen LogP contribution < -0.4 is 9.47 Å². The van der Waals surface area contributed by atoms with Crippen molar-refractivity contribution in [3.8, 4) is 11.5 Å². The minimum Gasteiger partial charge on any atom is -0.493 e. The fourth-order valence-electron chi connectivity index (χ4n) is 2.15. The Morgan fingerprint density at radius 3 is 2.30 bits per heavy atom. The van der Waals surface area contributed by atoms with Crippen LogP contribution in [0.25, 0.3) is 0 Å². The molecule has 0 fully saturated rings. The fourth-order valence-corrected chi connectivity index (χ4v) is 2.15. The van der Waals surface area contributed by atoms with E-state index in [1.165, 1.54) is 32.4 Å². The third-order valence-corrected chi connectivity index (χ3v) is 3.32. The molecule has 0 bridgehead atoms. The van der Waals surface area contributed by atoms with Crippen LogP contribution in [0, 0.1) is 0 Å². The fraction of sp³-hybridized carbons (Fsp3) is 0.235. The lowest BCUT2D eigenvalue weighted by Gasteiger charge is -2.10. The number of Topliss-reactive ketones (excluding diaryl/α,β-unsaturated/α-hetero) is 1. The second-order valence-corrected chi connectivity index (χ2v) is 4.87. The first kappa shape index (κ1) is 16.9. The molecule has 3 nitrogen and oxygen atoms in total. The van der Waals surface area contributed by atoms with Crippen LogP contribution in [-0.2, 0) is 12.6 Å². The van der Waals surface area contributed by atoms with Crippen molar-refractivity contribution in [3.63, 3.8) is 0 Å². The number of rotatable bonds is 5. The molecule has 0 aliphatic carbocycles. The lowest BCUT2D eigenvalue weighted by atomic mass is 10.0. The molecular weight excluding hydrogens is 309 g/mol. The maximum absolute atomic E-state index is 12.7. The molecule has 0 heterocycles. The van der Waals surface area contributed by atoms with Crippen LogP contribution in [-0.4, -0.2) is 20.0 Å². The number of methoxy groups -OCH3 is 2. The Morgan fingerprint density at radius 2 is 1.70 bits per heavy atom. The van der Waals surface area contributed by atoms with Gasteiger partial charge in [-0.2, -0.15) is 13.2 Å². The lowest BCUT2D eigenvalue weighted by Crippen LogP contribution is -2.08. The summed E-state index contributed by atoms with van der Waals surface area (Å²) in [6.07, 6.45) is -4.55. The van der Waals surface area contributed by atoms with E-state index in [1.807, 2.05) is 0 Å². The highest BCUT2D eigenvalue weighted by Crippen LogP contribution is 2.30. The zero-order valence-electron chi connectivity index (χ0n) is 12.6. The minimum absolute atomic E-state index is 0.126. The largest absolute Gasteiger partial charge is 0.493 e. The average molecular weight is 324 g/mol. The van der Waals surface area contributed by atoms with Crippen molar-refractivity contribution in [1.82, 2.24) is 0 Å². The molecule has 2 rings (SSSR count). The quantitative estimate of drug-likeness (QED) is 0.775. The number of halogens is 3. The van der Waals surface area contributed by atoms with Gasteiger partial charge in [-0.3, -0.25) is 4.79 Å². The van der Waals surface area contributed by atoms with Crippen LogP contribution in [0.15, 0.2) is 42.5 Å². The Hall–Kier alpha value is -2.50. The molecule has 0 saturated carbocycles. The smallest absolute Gasteiger partial charge is 0.416 e. The van der Waals surface area contributed by atoms with E-state index in [0.717, 1.165) is 12.1 Å². The monoisotopic (exact) mass is 324 g/mol. The molecule has 0 aliphatic rings. The Bertz CT molecular complexity index is 708. The molecule has 0 unspecified atom stereocenters. The maximum Gasteiger partial charge on any atom is 0.416 e. The van der Waals surface area contributed by atoms with Crippen molar-refractivity contribution in [2.24, 2.45) is 0 Å². The molecule has 0 radical (unpaired) electrons. The van der Waals surface area contributed by atoms with Gasteiger partial charge in [0.2, 0.25) is 0 Å². The maximum atomic E-state index is 12.7. The van der Waals surface area contributed by atoms with E-state index >= 15 is 0 Å². The molecular formula is C17H15F3O3. The SMILES string of the molecule is COc1ccc(C(=O)Cc2cccc(C(F)(F)F)c2)cc1OC. The molecule has 0 aliphatic heterocycles. The number of carbonyl (C=O) groups is 1. The van der Waals surface area contributed by atoms with Crippen molar-refractivity contribution in [1.29, 1.82) is 0 Å². The second kappa shape index (κ2) is 6.73. The lowest BCUT2D eigenvalue weighted by molar-refractivity contribution is -0.137. The van der Waals surface area contributed by atoms with Crippen LogP contribution in [0.4, 0.5) is 13.2 Å². The van der Waals surface area contributed by atoms with Crippen molar-refractivity contribution in [2.45, 2.75) is 12.6 Å². The van der Waals surface area contributed by atoms with E-state index < -0.39 is 11.7 Å². The number of carbonyl (C=O) groups excluding carboxylic acids is 1. The Balaban J connectivity index is 2.22. The molecule has 2 aromatic carbocycles. The van der Waals surface area contributed by atoms with Gasteiger partial charge in [0.15, 0.2) is 17.3 Å². The summed E-state index contributed by atoms with van der Waals surface area (Å²) >= 11 is 0. The summed E-state index contributed by atoms with van der Waals surface area (Å²) in [5, 5.41) is 0. The number of ketones is 1. The van der Waals surface area contributed by atoms with Gasteiger partial charge in [0, 0.05) is 12.0 Å². The number of alkyl halides is 3. The summed E-state index contributed by atoms with van der Waals surface area (Å²) in [6.45, 7) is 0. The molecule has 0 saturated heterocycles. The summed E-state index contributed by atoms with van der Waals surface area (Å²) in [7, 11) is 2.92. The highest BCUT2D eigenvalue weighted by atomic mass is 19.4. The summed E-state index contributed by atoms with van der Waals surface area (Å²) < 4.78 is 48.3.